The Morgan fingerprint density at radius 3 is 1.65 bits per heavy atom. The van der Waals surface area contributed by atoms with E-state index in [2.05, 4.69) is 34.2 Å². The number of para-hydroxylation sites is 2. The van der Waals surface area contributed by atoms with Gasteiger partial charge in [0.1, 0.15) is 0 Å². The van der Waals surface area contributed by atoms with Crippen molar-refractivity contribution in [2.75, 3.05) is 0 Å². The van der Waals surface area contributed by atoms with Crippen LogP contribution in [0.2, 0.25) is 0 Å². The van der Waals surface area contributed by atoms with Gasteiger partial charge < -0.3 is 9.97 Å². The first-order chi connectivity index (χ1) is 12.8. The van der Waals surface area contributed by atoms with Crippen molar-refractivity contribution in [2.45, 2.75) is 12.8 Å². The summed E-state index contributed by atoms with van der Waals surface area (Å²) in [6, 6.07) is 16.3. The molecule has 2 N–H and O–H groups in total. The van der Waals surface area contributed by atoms with Gasteiger partial charge in [0.25, 0.3) is 0 Å². The van der Waals surface area contributed by atoms with Gasteiger partial charge in [0.2, 0.25) is 0 Å². The van der Waals surface area contributed by atoms with Gasteiger partial charge in [0, 0.05) is 56.5 Å². The second-order valence-corrected chi connectivity index (χ2v) is 6.75. The number of aromatic amines is 2. The van der Waals surface area contributed by atoms with Crippen molar-refractivity contribution in [1.82, 2.24) is 9.97 Å². The molecule has 0 atom stereocenters. The van der Waals surface area contributed by atoms with E-state index in [-0.39, 0.29) is 5.78 Å². The zero-order valence-electron chi connectivity index (χ0n) is 14.3. The standard InChI is InChI=1S/C23H18N2O/c26-23-15(11-17-13-24-21-7-3-1-5-19(17)21)9-10-16(23)12-18-14-25-22-8-4-2-6-20(18)22/h1-8,11-14,24-25H,9-10H2/b15-11+,16-12?. The minimum atomic E-state index is 0.167. The minimum absolute atomic E-state index is 0.167. The number of H-pyrrole nitrogens is 2. The molecule has 26 heavy (non-hydrogen) atoms. The summed E-state index contributed by atoms with van der Waals surface area (Å²) in [6.07, 6.45) is 9.63. The predicted molar refractivity (Wildman–Crippen MR) is 107 cm³/mol. The average Bonchev–Trinajstić information content (AvgIpc) is 3.36. The third kappa shape index (κ3) is 2.40. The number of nitrogens with one attached hydrogen (secondary N) is 2. The van der Waals surface area contributed by atoms with Crippen molar-refractivity contribution >= 4 is 39.7 Å². The first-order valence-corrected chi connectivity index (χ1v) is 8.88. The van der Waals surface area contributed by atoms with E-state index < -0.39 is 0 Å². The maximum absolute atomic E-state index is 12.9. The number of fused-ring (bicyclic) bond motifs is 2. The van der Waals surface area contributed by atoms with E-state index in [1.54, 1.807) is 0 Å². The molecule has 1 fully saturated rings. The molecule has 126 valence electrons. The lowest BCUT2D eigenvalue weighted by Crippen LogP contribution is -1.95. The monoisotopic (exact) mass is 338 g/mol. The van der Waals surface area contributed by atoms with Gasteiger partial charge in [-0.15, -0.1) is 0 Å². The number of hydrogen-bond donors (Lipinski definition) is 2. The summed E-state index contributed by atoms with van der Waals surface area (Å²) in [6.45, 7) is 0. The maximum Gasteiger partial charge on any atom is 0.185 e. The number of ketones is 1. The summed E-state index contributed by atoms with van der Waals surface area (Å²) in [5, 5.41) is 2.31. The van der Waals surface area contributed by atoms with Gasteiger partial charge in [-0.25, -0.2) is 0 Å². The maximum atomic E-state index is 12.9. The Balaban J connectivity index is 1.50. The highest BCUT2D eigenvalue weighted by Gasteiger charge is 2.23. The van der Waals surface area contributed by atoms with Crippen LogP contribution >= 0.6 is 0 Å². The Morgan fingerprint density at radius 2 is 1.15 bits per heavy atom. The lowest BCUT2D eigenvalue weighted by molar-refractivity contribution is -0.111. The number of aromatic nitrogens is 2. The van der Waals surface area contributed by atoms with Gasteiger partial charge in [-0.1, -0.05) is 36.4 Å². The van der Waals surface area contributed by atoms with Crippen molar-refractivity contribution in [1.29, 1.82) is 0 Å². The average molecular weight is 338 g/mol. The lowest BCUT2D eigenvalue weighted by Gasteiger charge is -1.97. The van der Waals surface area contributed by atoms with Crippen LogP contribution in [0.5, 0.6) is 0 Å². The van der Waals surface area contributed by atoms with Crippen LogP contribution in [0.3, 0.4) is 0 Å². The molecular formula is C23H18N2O. The van der Waals surface area contributed by atoms with Gasteiger partial charge >= 0.3 is 0 Å². The fourth-order valence-corrected chi connectivity index (χ4v) is 3.78. The van der Waals surface area contributed by atoms with Crippen LogP contribution in [-0.2, 0) is 4.79 Å². The molecular weight excluding hydrogens is 320 g/mol. The Bertz CT molecular complexity index is 1110. The number of carbonyl (C=O) groups is 1. The van der Waals surface area contributed by atoms with Crippen molar-refractivity contribution in [2.24, 2.45) is 0 Å². The number of carbonyl (C=O) groups excluding carboxylic acids is 1. The van der Waals surface area contributed by atoms with E-state index in [4.69, 9.17) is 0 Å². The van der Waals surface area contributed by atoms with E-state index in [0.29, 0.717) is 0 Å². The van der Waals surface area contributed by atoms with E-state index in [0.717, 1.165) is 56.9 Å². The van der Waals surface area contributed by atoms with Crippen LogP contribution in [0.1, 0.15) is 24.0 Å². The third-order valence-electron chi connectivity index (χ3n) is 5.15. The number of allylic oxidation sites excluding steroid dienone is 2. The fraction of sp³-hybridized carbons (Fsp3) is 0.0870. The summed E-state index contributed by atoms with van der Waals surface area (Å²) in [5.41, 5.74) is 6.13. The van der Waals surface area contributed by atoms with Crippen LogP contribution in [-0.4, -0.2) is 15.8 Å². The molecule has 1 aliphatic rings. The van der Waals surface area contributed by atoms with Crippen molar-refractivity contribution in [3.05, 3.63) is 83.2 Å². The molecule has 0 unspecified atom stereocenters. The molecule has 3 heteroatoms. The third-order valence-corrected chi connectivity index (χ3v) is 5.15. The second-order valence-electron chi connectivity index (χ2n) is 6.75. The molecule has 0 spiro atoms. The predicted octanol–water partition coefficient (Wildman–Crippen LogP) is 5.48. The highest BCUT2D eigenvalue weighted by atomic mass is 16.1. The topological polar surface area (TPSA) is 48.6 Å². The smallest absolute Gasteiger partial charge is 0.185 e. The Hall–Kier alpha value is -3.33. The minimum Gasteiger partial charge on any atom is -0.361 e. The highest BCUT2D eigenvalue weighted by molar-refractivity contribution is 6.16. The fourth-order valence-electron chi connectivity index (χ4n) is 3.78. The molecule has 0 aliphatic heterocycles. The Kier molecular flexibility index (Phi) is 3.39. The molecule has 0 radical (unpaired) electrons. The Morgan fingerprint density at radius 1 is 0.692 bits per heavy atom. The van der Waals surface area contributed by atoms with Crippen LogP contribution < -0.4 is 0 Å². The normalized spacial score (nSPS) is 17.9. The summed E-state index contributed by atoms with van der Waals surface area (Å²) in [4.78, 5) is 19.4. The van der Waals surface area contributed by atoms with Crippen LogP contribution in [0, 0.1) is 0 Å². The van der Waals surface area contributed by atoms with Gasteiger partial charge in [-0.3, -0.25) is 4.79 Å². The number of hydrogen-bond acceptors (Lipinski definition) is 1. The molecule has 0 amide bonds. The molecule has 1 saturated carbocycles. The molecule has 2 heterocycles. The molecule has 2 aromatic carbocycles. The SMILES string of the molecule is O=C1C(=Cc2c[nH]c3ccccc23)CC/C1=C\c1c[nH]c2ccccc12. The Labute approximate surface area is 151 Å². The van der Waals surface area contributed by atoms with Crippen LogP contribution in [0.15, 0.2) is 72.1 Å². The molecule has 2 aromatic heterocycles. The molecule has 0 bridgehead atoms. The van der Waals surface area contributed by atoms with Crippen molar-refractivity contribution < 1.29 is 4.79 Å². The number of rotatable bonds is 2. The summed E-state index contributed by atoms with van der Waals surface area (Å²) in [7, 11) is 0. The van der Waals surface area contributed by atoms with Gasteiger partial charge in [0.15, 0.2) is 5.78 Å². The van der Waals surface area contributed by atoms with Gasteiger partial charge in [0.05, 0.1) is 0 Å². The molecule has 1 aliphatic carbocycles. The van der Waals surface area contributed by atoms with E-state index >= 15 is 0 Å². The largest absolute Gasteiger partial charge is 0.361 e. The molecule has 5 rings (SSSR count). The van der Waals surface area contributed by atoms with Gasteiger partial charge in [-0.05, 0) is 37.1 Å². The molecule has 3 nitrogen and oxygen atoms in total. The van der Waals surface area contributed by atoms with Crippen LogP contribution in [0.4, 0.5) is 0 Å². The van der Waals surface area contributed by atoms with Crippen LogP contribution in [0.25, 0.3) is 34.0 Å². The van der Waals surface area contributed by atoms with Crippen molar-refractivity contribution in [3.8, 4) is 0 Å². The first-order valence-electron chi connectivity index (χ1n) is 8.88. The van der Waals surface area contributed by atoms with E-state index in [9.17, 15) is 4.79 Å². The van der Waals surface area contributed by atoms with Gasteiger partial charge in [-0.2, -0.15) is 0 Å². The number of Topliss-reactive ketones (excluding diaryl/α,β-unsaturated/α-hetero) is 1. The van der Waals surface area contributed by atoms with Crippen molar-refractivity contribution in [3.63, 3.8) is 0 Å². The molecule has 4 aromatic rings. The summed E-state index contributed by atoms with van der Waals surface area (Å²) < 4.78 is 0. The summed E-state index contributed by atoms with van der Waals surface area (Å²) in [5.74, 6) is 0.167. The zero-order chi connectivity index (χ0) is 17.5. The highest BCUT2D eigenvalue weighted by Crippen LogP contribution is 2.32. The molecule has 0 saturated heterocycles. The summed E-state index contributed by atoms with van der Waals surface area (Å²) >= 11 is 0. The quantitative estimate of drug-likeness (QED) is 0.467. The van der Waals surface area contributed by atoms with E-state index in [1.165, 1.54) is 0 Å². The lowest BCUT2D eigenvalue weighted by atomic mass is 10.1. The number of benzene rings is 2. The zero-order valence-corrected chi connectivity index (χ0v) is 14.3. The van der Waals surface area contributed by atoms with E-state index in [1.807, 2.05) is 48.8 Å². The second kappa shape index (κ2) is 5.88. The first kappa shape index (κ1) is 15.0.